The highest BCUT2D eigenvalue weighted by atomic mass is 35.5. The maximum absolute atomic E-state index is 15.6. The summed E-state index contributed by atoms with van der Waals surface area (Å²) in [5.41, 5.74) is 2.39. The quantitative estimate of drug-likeness (QED) is 0.290. The average Bonchev–Trinajstić information content (AvgIpc) is 3.39. The number of pyridine rings is 1. The first kappa shape index (κ1) is 25.4. The van der Waals surface area contributed by atoms with E-state index < -0.39 is 6.17 Å². The molecule has 0 amide bonds. The van der Waals surface area contributed by atoms with E-state index in [-0.39, 0.29) is 12.0 Å². The number of fused-ring (bicyclic) bond motifs is 1. The summed E-state index contributed by atoms with van der Waals surface area (Å²) in [7, 11) is 1.59. The lowest BCUT2D eigenvalue weighted by Gasteiger charge is -2.41. The molecule has 0 aliphatic carbocycles. The number of piperidine rings is 1. The number of nitrogens with zero attached hydrogens (tertiary/aromatic N) is 2. The molecule has 0 unspecified atom stereocenters. The molecule has 1 N–H and O–H groups in total. The van der Waals surface area contributed by atoms with E-state index in [2.05, 4.69) is 26.7 Å². The first-order chi connectivity index (χ1) is 16.5. The van der Waals surface area contributed by atoms with Crippen LogP contribution in [-0.2, 0) is 6.42 Å². The number of rotatable bonds is 11. The number of aliphatic hydroxyl groups excluding tert-OH is 1. The summed E-state index contributed by atoms with van der Waals surface area (Å²) in [5, 5.41) is 15.6. The summed E-state index contributed by atoms with van der Waals surface area (Å²) in [6.45, 7) is 3.13. The van der Waals surface area contributed by atoms with E-state index in [0.29, 0.717) is 40.1 Å². The SMILES string of the molecule is COc1ccc2ncc(Cl)c([C@@H](F)CCC3(CO)CCN(CCCCc4ccsc4)CC3)c2c1. The van der Waals surface area contributed by atoms with Crippen LogP contribution in [-0.4, -0.2) is 48.3 Å². The summed E-state index contributed by atoms with van der Waals surface area (Å²) >= 11 is 8.16. The molecule has 1 aliphatic heterocycles. The summed E-state index contributed by atoms with van der Waals surface area (Å²) in [6, 6.07) is 7.65. The molecule has 0 saturated carbocycles. The van der Waals surface area contributed by atoms with E-state index in [1.165, 1.54) is 24.6 Å². The van der Waals surface area contributed by atoms with Gasteiger partial charge in [0.25, 0.3) is 0 Å². The molecule has 0 bridgehead atoms. The number of hydrogen-bond donors (Lipinski definition) is 1. The van der Waals surface area contributed by atoms with Gasteiger partial charge in [0.05, 0.1) is 17.6 Å². The van der Waals surface area contributed by atoms with Gasteiger partial charge in [0.15, 0.2) is 0 Å². The van der Waals surface area contributed by atoms with E-state index in [0.717, 1.165) is 38.9 Å². The van der Waals surface area contributed by atoms with Crippen LogP contribution in [0, 0.1) is 5.41 Å². The van der Waals surface area contributed by atoms with Gasteiger partial charge in [-0.2, -0.15) is 11.3 Å². The number of thiophene rings is 1. The smallest absolute Gasteiger partial charge is 0.127 e. The Kier molecular flexibility index (Phi) is 8.81. The standard InChI is InChI=1S/C27H34ClFN2O2S/c1-33-21-5-6-25-22(16-21)26(23(28)17-30-25)24(29)7-9-27(19-32)10-13-31(14-11-27)12-3-2-4-20-8-15-34-18-20/h5-6,8,15-18,24,32H,2-4,7,9-14,19H2,1H3/t24-/m0/s1. The second-order valence-electron chi connectivity index (χ2n) is 9.50. The molecule has 3 heterocycles. The summed E-state index contributed by atoms with van der Waals surface area (Å²) < 4.78 is 20.9. The lowest BCUT2D eigenvalue weighted by Crippen LogP contribution is -2.42. The minimum Gasteiger partial charge on any atom is -0.497 e. The Morgan fingerprint density at radius 1 is 1.26 bits per heavy atom. The summed E-state index contributed by atoms with van der Waals surface area (Å²) in [4.78, 5) is 6.83. The van der Waals surface area contributed by atoms with Crippen molar-refractivity contribution in [1.29, 1.82) is 0 Å². The summed E-state index contributed by atoms with van der Waals surface area (Å²) in [5.74, 6) is 0.652. The Hall–Kier alpha value is -1.73. The maximum atomic E-state index is 15.6. The summed E-state index contributed by atoms with van der Waals surface area (Å²) in [6.07, 6.45) is 6.62. The molecule has 4 nitrogen and oxygen atoms in total. The predicted molar refractivity (Wildman–Crippen MR) is 139 cm³/mol. The molecule has 1 aliphatic rings. The molecule has 7 heteroatoms. The van der Waals surface area contributed by atoms with Crippen molar-refractivity contribution >= 4 is 33.8 Å². The molecular weight excluding hydrogens is 471 g/mol. The van der Waals surface area contributed by atoms with E-state index >= 15 is 4.39 Å². The van der Waals surface area contributed by atoms with Crippen LogP contribution in [0.3, 0.4) is 0 Å². The number of ether oxygens (including phenoxy) is 1. The Morgan fingerprint density at radius 3 is 2.79 bits per heavy atom. The minimum absolute atomic E-state index is 0.102. The van der Waals surface area contributed by atoms with Gasteiger partial charge in [0.1, 0.15) is 11.9 Å². The van der Waals surface area contributed by atoms with Gasteiger partial charge in [-0.05, 0) is 111 Å². The van der Waals surface area contributed by atoms with E-state index in [4.69, 9.17) is 16.3 Å². The Bertz CT molecular complexity index is 1050. The number of aryl methyl sites for hydroxylation is 1. The molecule has 3 aromatic rings. The lowest BCUT2D eigenvalue weighted by molar-refractivity contribution is 0.0298. The van der Waals surface area contributed by atoms with E-state index in [9.17, 15) is 5.11 Å². The van der Waals surface area contributed by atoms with Crippen LogP contribution < -0.4 is 4.74 Å². The number of methoxy groups -OCH3 is 1. The number of alkyl halides is 1. The number of aromatic nitrogens is 1. The second-order valence-corrected chi connectivity index (χ2v) is 10.7. The van der Waals surface area contributed by atoms with Crippen LogP contribution in [0.5, 0.6) is 5.75 Å². The van der Waals surface area contributed by atoms with Crippen molar-refractivity contribution in [1.82, 2.24) is 9.88 Å². The van der Waals surface area contributed by atoms with Gasteiger partial charge < -0.3 is 14.7 Å². The van der Waals surface area contributed by atoms with Crippen molar-refractivity contribution < 1.29 is 14.2 Å². The fourth-order valence-corrected chi connectivity index (χ4v) is 6.00. The Balaban J connectivity index is 1.31. The van der Waals surface area contributed by atoms with Gasteiger partial charge in [-0.25, -0.2) is 4.39 Å². The third-order valence-electron chi connectivity index (χ3n) is 7.33. The first-order valence-electron chi connectivity index (χ1n) is 12.1. The Morgan fingerprint density at radius 2 is 2.09 bits per heavy atom. The highest BCUT2D eigenvalue weighted by Crippen LogP contribution is 2.41. The van der Waals surface area contributed by atoms with Crippen LogP contribution in [0.4, 0.5) is 4.39 Å². The van der Waals surface area contributed by atoms with Crippen molar-refractivity contribution in [3.05, 3.63) is 57.4 Å². The zero-order valence-electron chi connectivity index (χ0n) is 19.8. The van der Waals surface area contributed by atoms with Gasteiger partial charge in [-0.15, -0.1) is 0 Å². The van der Waals surface area contributed by atoms with E-state index in [1.807, 2.05) is 12.1 Å². The van der Waals surface area contributed by atoms with Gasteiger partial charge in [-0.1, -0.05) is 11.6 Å². The largest absolute Gasteiger partial charge is 0.497 e. The second kappa shape index (κ2) is 11.8. The van der Waals surface area contributed by atoms with Gasteiger partial charge in [-0.3, -0.25) is 4.98 Å². The van der Waals surface area contributed by atoms with Gasteiger partial charge >= 0.3 is 0 Å². The van der Waals surface area contributed by atoms with Gasteiger partial charge in [0, 0.05) is 23.8 Å². The molecule has 0 radical (unpaired) electrons. The highest BCUT2D eigenvalue weighted by molar-refractivity contribution is 7.07. The normalized spacial score (nSPS) is 17.2. The fraction of sp³-hybridized carbons (Fsp3) is 0.519. The molecule has 0 spiro atoms. The molecule has 1 saturated heterocycles. The highest BCUT2D eigenvalue weighted by Gasteiger charge is 2.35. The van der Waals surface area contributed by atoms with Crippen LogP contribution in [0.2, 0.25) is 5.02 Å². The fourth-order valence-electron chi connectivity index (χ4n) is 5.03. The van der Waals surface area contributed by atoms with Crippen molar-refractivity contribution in [3.63, 3.8) is 0 Å². The number of aliphatic hydroxyl groups is 1. The minimum atomic E-state index is -1.22. The predicted octanol–water partition coefficient (Wildman–Crippen LogP) is 6.85. The molecule has 184 valence electrons. The average molecular weight is 505 g/mol. The van der Waals surface area contributed by atoms with E-state index in [1.54, 1.807) is 24.5 Å². The number of benzene rings is 1. The maximum Gasteiger partial charge on any atom is 0.127 e. The lowest BCUT2D eigenvalue weighted by atomic mass is 9.74. The number of unbranched alkanes of at least 4 members (excludes halogenated alkanes) is 1. The van der Waals surface area contributed by atoms with Crippen LogP contribution in [0.15, 0.2) is 41.2 Å². The molecule has 34 heavy (non-hydrogen) atoms. The first-order valence-corrected chi connectivity index (χ1v) is 13.5. The molecule has 2 aromatic heterocycles. The van der Waals surface area contributed by atoms with Crippen molar-refractivity contribution in [2.45, 2.75) is 51.1 Å². The molecule has 1 fully saturated rings. The third-order valence-corrected chi connectivity index (χ3v) is 8.36. The van der Waals surface area contributed by atoms with Crippen molar-refractivity contribution in [2.24, 2.45) is 5.41 Å². The zero-order chi connectivity index (χ0) is 24.0. The van der Waals surface area contributed by atoms with Crippen LogP contribution in [0.25, 0.3) is 10.9 Å². The molecule has 1 atom stereocenters. The monoisotopic (exact) mass is 504 g/mol. The van der Waals surface area contributed by atoms with Crippen LogP contribution in [0.1, 0.15) is 55.8 Å². The van der Waals surface area contributed by atoms with Gasteiger partial charge in [0.2, 0.25) is 0 Å². The third kappa shape index (κ3) is 6.09. The number of likely N-dealkylation sites (tertiary alicyclic amines) is 1. The van der Waals surface area contributed by atoms with Crippen molar-refractivity contribution in [3.8, 4) is 5.75 Å². The number of hydrogen-bond acceptors (Lipinski definition) is 5. The Labute approximate surface area is 210 Å². The molecule has 4 rings (SSSR count). The molecule has 1 aromatic carbocycles. The van der Waals surface area contributed by atoms with Crippen molar-refractivity contribution in [2.75, 3.05) is 33.4 Å². The topological polar surface area (TPSA) is 45.6 Å². The zero-order valence-corrected chi connectivity index (χ0v) is 21.4. The van der Waals surface area contributed by atoms with Crippen LogP contribution >= 0.6 is 22.9 Å². The number of halogens is 2. The molecular formula is C27H34ClFN2O2S.